The third-order valence-corrected chi connectivity index (χ3v) is 6.52. The molecule has 0 aliphatic heterocycles. The highest BCUT2D eigenvalue weighted by Crippen LogP contribution is 2.30. The highest BCUT2D eigenvalue weighted by Gasteiger charge is 2.26. The molecular weight excluding hydrogens is 431 g/mol. The van der Waals surface area contributed by atoms with Gasteiger partial charge in [0.25, 0.3) is 0 Å². The average Bonchev–Trinajstić information content (AvgIpc) is 2.87. The molecule has 2 atom stereocenters. The van der Waals surface area contributed by atoms with Gasteiger partial charge in [-0.2, -0.15) is 4.89 Å². The zero-order valence-electron chi connectivity index (χ0n) is 19.9. The van der Waals surface area contributed by atoms with E-state index in [9.17, 15) is 14.5 Å². The van der Waals surface area contributed by atoms with Crippen LogP contribution in [0.15, 0.2) is 66.7 Å². The van der Waals surface area contributed by atoms with Gasteiger partial charge in [0, 0.05) is 5.56 Å². The molecule has 174 valence electrons. The lowest BCUT2D eigenvalue weighted by Crippen LogP contribution is -2.18. The number of rotatable bonds is 8. The zero-order chi connectivity index (χ0) is 24.4. The van der Waals surface area contributed by atoms with Crippen LogP contribution in [0.4, 0.5) is 0 Å². The predicted octanol–water partition coefficient (Wildman–Crippen LogP) is 5.90. The number of Topliss-reactive ketones (excluding diaryl/α,β-unsaturated/α-hetero) is 1. The number of hydrogen-bond acceptors (Lipinski definition) is 3. The van der Waals surface area contributed by atoms with Gasteiger partial charge in [-0.25, -0.2) is 0 Å². The van der Waals surface area contributed by atoms with Gasteiger partial charge >= 0.3 is 8.03 Å². The topological polar surface area (TPSA) is 74.6 Å². The van der Waals surface area contributed by atoms with Crippen molar-refractivity contribution >= 4 is 19.1 Å². The minimum Gasteiger partial charge on any atom is -0.380 e. The molecule has 0 amide bonds. The van der Waals surface area contributed by atoms with Crippen LogP contribution in [0.5, 0.6) is 0 Å². The summed E-state index contributed by atoms with van der Waals surface area (Å²) in [7, 11) is -2.15. The third-order valence-electron chi connectivity index (χ3n) is 5.78. The zero-order valence-corrected chi connectivity index (χ0v) is 20.8. The Bertz CT molecular complexity index is 1060. The molecule has 0 radical (unpaired) electrons. The standard InChI is InChI=1S/C22H28O2.C6H5O2P/c1-5-15-14-16(6-2)20(19(8-4)18(15)7-3)22(24)21(23)17-12-10-9-11-13-17;7-9(8)6-4-2-1-3-5-6/h9-14,21,23H,5-8H2,1-4H3;1-5H/p+1. The number of aliphatic hydroxyl groups excluding tert-OH is 1. The second-order valence-electron chi connectivity index (χ2n) is 7.73. The Kier molecular flexibility index (Phi) is 10.6. The molecule has 2 N–H and O–H groups in total. The van der Waals surface area contributed by atoms with Gasteiger partial charge in [0.2, 0.25) is 5.30 Å². The Balaban J connectivity index is 0.000000357. The first-order chi connectivity index (χ1) is 15.9. The number of carbonyl (C=O) groups is 1. The summed E-state index contributed by atoms with van der Waals surface area (Å²) in [5.74, 6) is -0.174. The summed E-state index contributed by atoms with van der Waals surface area (Å²) in [4.78, 5) is 21.7. The molecule has 0 aromatic heterocycles. The van der Waals surface area contributed by atoms with Gasteiger partial charge < -0.3 is 5.11 Å². The van der Waals surface area contributed by atoms with E-state index in [4.69, 9.17) is 4.89 Å². The van der Waals surface area contributed by atoms with E-state index in [0.717, 1.165) is 42.4 Å². The molecule has 33 heavy (non-hydrogen) atoms. The van der Waals surface area contributed by atoms with Gasteiger partial charge in [-0.15, -0.1) is 0 Å². The van der Waals surface area contributed by atoms with Crippen molar-refractivity contribution < 1.29 is 19.4 Å². The summed E-state index contributed by atoms with van der Waals surface area (Å²) in [6.45, 7) is 8.47. The maximum atomic E-state index is 13.1. The largest absolute Gasteiger partial charge is 0.546 e. The summed E-state index contributed by atoms with van der Waals surface area (Å²) in [5, 5.41) is 11.1. The molecule has 0 aliphatic rings. The van der Waals surface area contributed by atoms with Crippen LogP contribution in [-0.4, -0.2) is 15.8 Å². The van der Waals surface area contributed by atoms with Crippen molar-refractivity contribution in [1.82, 2.24) is 0 Å². The number of aliphatic hydroxyl groups is 1. The molecule has 3 rings (SSSR count). The van der Waals surface area contributed by atoms with Crippen molar-refractivity contribution in [2.24, 2.45) is 0 Å². The fourth-order valence-corrected chi connectivity index (χ4v) is 4.55. The Hall–Kier alpha value is -2.65. The molecule has 0 spiro atoms. The number of hydrogen-bond donors (Lipinski definition) is 2. The van der Waals surface area contributed by atoms with E-state index >= 15 is 0 Å². The normalized spacial score (nSPS) is 11.9. The number of aryl methyl sites for hydroxylation is 2. The molecule has 3 aromatic carbocycles. The first kappa shape index (κ1) is 26.6. The van der Waals surface area contributed by atoms with E-state index in [1.165, 1.54) is 11.1 Å². The molecular formula is C28H34O4P+. The molecule has 0 fully saturated rings. The summed E-state index contributed by atoms with van der Waals surface area (Å²) >= 11 is 0. The van der Waals surface area contributed by atoms with Gasteiger partial charge in [-0.3, -0.25) is 4.79 Å². The van der Waals surface area contributed by atoms with Crippen molar-refractivity contribution in [2.75, 3.05) is 0 Å². The highest BCUT2D eigenvalue weighted by molar-refractivity contribution is 7.47. The van der Waals surface area contributed by atoms with Crippen LogP contribution in [0.25, 0.3) is 0 Å². The maximum Gasteiger partial charge on any atom is 0.546 e. The van der Waals surface area contributed by atoms with Crippen molar-refractivity contribution in [3.05, 3.63) is 100 Å². The average molecular weight is 466 g/mol. The molecule has 2 unspecified atom stereocenters. The first-order valence-corrected chi connectivity index (χ1v) is 12.7. The third kappa shape index (κ3) is 6.68. The van der Waals surface area contributed by atoms with Crippen LogP contribution in [0.1, 0.15) is 72.0 Å². The van der Waals surface area contributed by atoms with E-state index in [2.05, 4.69) is 33.8 Å². The lowest BCUT2D eigenvalue weighted by molar-refractivity contribution is 0.0745. The fourth-order valence-electron chi connectivity index (χ4n) is 4.12. The van der Waals surface area contributed by atoms with Crippen molar-refractivity contribution in [2.45, 2.75) is 59.5 Å². The lowest BCUT2D eigenvalue weighted by Gasteiger charge is -2.21. The maximum absolute atomic E-state index is 13.1. The van der Waals surface area contributed by atoms with Crippen molar-refractivity contribution in [3.8, 4) is 0 Å². The highest BCUT2D eigenvalue weighted by atomic mass is 31.1. The molecule has 4 nitrogen and oxygen atoms in total. The van der Waals surface area contributed by atoms with E-state index in [1.54, 1.807) is 36.4 Å². The van der Waals surface area contributed by atoms with Crippen LogP contribution in [0.2, 0.25) is 0 Å². The fraction of sp³-hybridized carbons (Fsp3) is 0.321. The van der Waals surface area contributed by atoms with Crippen LogP contribution in [-0.2, 0) is 30.2 Å². The first-order valence-electron chi connectivity index (χ1n) is 11.5. The molecule has 0 bridgehead atoms. The minimum atomic E-state index is -2.15. The van der Waals surface area contributed by atoms with E-state index in [-0.39, 0.29) is 5.78 Å². The monoisotopic (exact) mass is 465 g/mol. The van der Waals surface area contributed by atoms with Gasteiger partial charge in [0.15, 0.2) is 5.78 Å². The van der Waals surface area contributed by atoms with Crippen LogP contribution < -0.4 is 5.30 Å². The number of carbonyl (C=O) groups excluding carboxylic acids is 1. The Labute approximate surface area is 198 Å². The summed E-state index contributed by atoms with van der Waals surface area (Å²) in [6.07, 6.45) is 2.40. The van der Waals surface area contributed by atoms with Gasteiger partial charge in [0.05, 0.1) is 0 Å². The Morgan fingerprint density at radius 2 is 1.30 bits per heavy atom. The predicted molar refractivity (Wildman–Crippen MR) is 136 cm³/mol. The molecule has 0 saturated heterocycles. The summed E-state index contributed by atoms with van der Waals surface area (Å²) in [6, 6.07) is 19.9. The van der Waals surface area contributed by atoms with Crippen LogP contribution in [0.3, 0.4) is 0 Å². The summed E-state index contributed by atoms with van der Waals surface area (Å²) in [5.41, 5.74) is 6.18. The summed E-state index contributed by atoms with van der Waals surface area (Å²) < 4.78 is 10.3. The smallest absolute Gasteiger partial charge is 0.380 e. The van der Waals surface area contributed by atoms with Gasteiger partial charge in [0.1, 0.15) is 6.10 Å². The molecule has 3 aromatic rings. The quantitative estimate of drug-likeness (QED) is 0.321. The minimum absolute atomic E-state index is 0.174. The van der Waals surface area contributed by atoms with E-state index < -0.39 is 14.1 Å². The molecule has 5 heteroatoms. The van der Waals surface area contributed by atoms with Crippen LogP contribution >= 0.6 is 8.03 Å². The van der Waals surface area contributed by atoms with E-state index in [1.807, 2.05) is 24.3 Å². The Morgan fingerprint density at radius 1 is 0.788 bits per heavy atom. The lowest BCUT2D eigenvalue weighted by atomic mass is 9.83. The second kappa shape index (κ2) is 13.2. The molecule has 0 aliphatic carbocycles. The van der Waals surface area contributed by atoms with Gasteiger partial charge in [-0.1, -0.05) is 82.3 Å². The van der Waals surface area contributed by atoms with Crippen molar-refractivity contribution in [3.63, 3.8) is 0 Å². The number of benzene rings is 3. The SMILES string of the molecule is CCc1cc(CC)c(C(=O)C(O)c2ccccc2)c(CC)c1CC.O=[P+](O)c1ccccc1. The van der Waals surface area contributed by atoms with E-state index in [0.29, 0.717) is 10.9 Å². The van der Waals surface area contributed by atoms with Crippen LogP contribution in [0, 0.1) is 0 Å². The molecule has 0 heterocycles. The molecule has 0 saturated carbocycles. The Morgan fingerprint density at radius 3 is 1.73 bits per heavy atom. The number of ketones is 1. The second-order valence-corrected chi connectivity index (χ2v) is 8.79. The van der Waals surface area contributed by atoms with Gasteiger partial charge in [-0.05, 0) is 70.2 Å². The van der Waals surface area contributed by atoms with Crippen molar-refractivity contribution in [1.29, 1.82) is 0 Å².